The number of rotatable bonds is 5. The molecule has 150 valence electrons. The third-order valence-electron chi connectivity index (χ3n) is 5.02. The van der Waals surface area contributed by atoms with Gasteiger partial charge in [0.1, 0.15) is 0 Å². The molecule has 0 unspecified atom stereocenters. The first kappa shape index (κ1) is 19.4. The lowest BCUT2D eigenvalue weighted by Gasteiger charge is -2.15. The van der Waals surface area contributed by atoms with E-state index in [1.165, 1.54) is 12.8 Å². The third kappa shape index (κ3) is 4.40. The van der Waals surface area contributed by atoms with Gasteiger partial charge in [0.05, 0.1) is 10.6 Å². The highest BCUT2D eigenvalue weighted by molar-refractivity contribution is 7.92. The van der Waals surface area contributed by atoms with E-state index in [0.717, 1.165) is 41.3 Å². The number of aryl methyl sites for hydroxylation is 2. The van der Waals surface area contributed by atoms with Gasteiger partial charge in [-0.1, -0.05) is 18.2 Å². The largest absolute Gasteiger partial charge is 0.355 e. The Morgan fingerprint density at radius 1 is 0.862 bits per heavy atom. The molecule has 0 spiro atoms. The van der Waals surface area contributed by atoms with Crippen LogP contribution >= 0.6 is 0 Å². The van der Waals surface area contributed by atoms with Crippen LogP contribution in [0.5, 0.6) is 0 Å². The lowest BCUT2D eigenvalue weighted by molar-refractivity contribution is 0.601. The molecule has 4 rings (SSSR count). The molecule has 1 fully saturated rings. The van der Waals surface area contributed by atoms with Crippen LogP contribution in [0.3, 0.4) is 0 Å². The van der Waals surface area contributed by atoms with E-state index < -0.39 is 10.0 Å². The highest BCUT2D eigenvalue weighted by atomic mass is 32.2. The molecule has 3 aromatic rings. The molecule has 1 aliphatic rings. The van der Waals surface area contributed by atoms with Crippen LogP contribution < -0.4 is 9.62 Å². The second-order valence-corrected chi connectivity index (χ2v) is 9.16. The van der Waals surface area contributed by atoms with E-state index in [0.29, 0.717) is 5.69 Å². The summed E-state index contributed by atoms with van der Waals surface area (Å²) in [4.78, 5) is 2.50. The number of nitrogens with zero attached hydrogens (tertiary/aromatic N) is 3. The molecule has 1 aliphatic heterocycles. The van der Waals surface area contributed by atoms with Crippen LogP contribution in [-0.4, -0.2) is 31.7 Å². The van der Waals surface area contributed by atoms with Gasteiger partial charge in [0.25, 0.3) is 10.0 Å². The molecule has 1 N–H and O–H groups in total. The summed E-state index contributed by atoms with van der Waals surface area (Å²) in [5.41, 5.74) is 3.99. The van der Waals surface area contributed by atoms with E-state index >= 15 is 0 Å². The zero-order valence-corrected chi connectivity index (χ0v) is 17.4. The van der Waals surface area contributed by atoms with Crippen LogP contribution in [0, 0.1) is 13.8 Å². The fourth-order valence-electron chi connectivity index (χ4n) is 3.61. The first-order valence-corrected chi connectivity index (χ1v) is 11.2. The summed E-state index contributed by atoms with van der Waals surface area (Å²) in [6, 6.07) is 16.4. The van der Waals surface area contributed by atoms with Gasteiger partial charge in [-0.2, -0.15) is 0 Å². The molecule has 2 aromatic carbocycles. The second-order valence-electron chi connectivity index (χ2n) is 7.48. The fourth-order valence-corrected chi connectivity index (χ4v) is 4.85. The molecule has 29 heavy (non-hydrogen) atoms. The number of benzene rings is 2. The molecule has 0 saturated carbocycles. The van der Waals surface area contributed by atoms with Crippen molar-refractivity contribution in [2.45, 2.75) is 31.6 Å². The molecule has 0 atom stereocenters. The molecule has 2 heterocycles. The highest BCUT2D eigenvalue weighted by Crippen LogP contribution is 2.24. The van der Waals surface area contributed by atoms with E-state index in [4.69, 9.17) is 0 Å². The number of anilines is 2. The minimum atomic E-state index is -3.63. The molecule has 1 saturated heterocycles. The smallest absolute Gasteiger partial charge is 0.261 e. The first-order chi connectivity index (χ1) is 13.9. The maximum atomic E-state index is 12.7. The summed E-state index contributed by atoms with van der Waals surface area (Å²) in [6.45, 7) is 5.83. The summed E-state index contributed by atoms with van der Waals surface area (Å²) >= 11 is 0. The van der Waals surface area contributed by atoms with Gasteiger partial charge < -0.3 is 4.90 Å². The van der Waals surface area contributed by atoms with Crippen molar-refractivity contribution in [2.24, 2.45) is 0 Å². The Morgan fingerprint density at radius 3 is 2.10 bits per heavy atom. The van der Waals surface area contributed by atoms with Crippen molar-refractivity contribution in [1.29, 1.82) is 0 Å². The second kappa shape index (κ2) is 7.83. The summed E-state index contributed by atoms with van der Waals surface area (Å²) in [7, 11) is -3.63. The van der Waals surface area contributed by atoms with Crippen molar-refractivity contribution in [3.8, 4) is 11.3 Å². The Hall–Kier alpha value is -2.93. The van der Waals surface area contributed by atoms with E-state index in [2.05, 4.69) is 19.8 Å². The van der Waals surface area contributed by atoms with Crippen LogP contribution in [0.2, 0.25) is 0 Å². The maximum Gasteiger partial charge on any atom is 0.261 e. The zero-order chi connectivity index (χ0) is 20.4. The van der Waals surface area contributed by atoms with E-state index in [1.807, 2.05) is 44.2 Å². The lowest BCUT2D eigenvalue weighted by atomic mass is 10.1. The molecule has 1 aromatic heterocycles. The first-order valence-electron chi connectivity index (χ1n) is 9.71. The van der Waals surface area contributed by atoms with Crippen molar-refractivity contribution >= 4 is 21.5 Å². The predicted octanol–water partition coefficient (Wildman–Crippen LogP) is 4.16. The van der Waals surface area contributed by atoms with Crippen molar-refractivity contribution in [3.05, 3.63) is 65.7 Å². The van der Waals surface area contributed by atoms with Crippen LogP contribution in [0.15, 0.2) is 59.5 Å². The molecule has 0 radical (unpaired) electrons. The third-order valence-corrected chi connectivity index (χ3v) is 6.38. The Bertz CT molecular complexity index is 1080. The quantitative estimate of drug-likeness (QED) is 0.686. The summed E-state index contributed by atoms with van der Waals surface area (Å²) in [6.07, 6.45) is 2.39. The van der Waals surface area contributed by atoms with Gasteiger partial charge in [0.15, 0.2) is 5.82 Å². The Morgan fingerprint density at radius 2 is 1.52 bits per heavy atom. The normalized spacial score (nSPS) is 14.2. The fraction of sp³-hybridized carbons (Fsp3) is 0.273. The molecular formula is C22H24N4O2S. The van der Waals surface area contributed by atoms with Crippen molar-refractivity contribution in [3.63, 3.8) is 0 Å². The van der Waals surface area contributed by atoms with Gasteiger partial charge in [0, 0.05) is 24.3 Å². The predicted molar refractivity (Wildman–Crippen MR) is 116 cm³/mol. The molecule has 7 heteroatoms. The molecule has 0 bridgehead atoms. The summed E-state index contributed by atoms with van der Waals surface area (Å²) in [5, 5.41) is 8.67. The van der Waals surface area contributed by atoms with Crippen molar-refractivity contribution in [1.82, 2.24) is 10.2 Å². The van der Waals surface area contributed by atoms with Gasteiger partial charge in [-0.15, -0.1) is 10.2 Å². The van der Waals surface area contributed by atoms with Gasteiger partial charge >= 0.3 is 0 Å². The highest BCUT2D eigenvalue weighted by Gasteiger charge is 2.16. The standard InChI is InChI=1S/C22H24N4O2S/c1-16-13-17(2)15-20(14-16)29(27,28)25-19-7-5-18(6-8-19)21-9-10-22(24-23-21)26-11-3-4-12-26/h5-10,13-15,25H,3-4,11-12H2,1-2H3. The SMILES string of the molecule is Cc1cc(C)cc(S(=O)(=O)Nc2ccc(-c3ccc(N4CCCC4)nn3)cc2)c1. The van der Waals surface area contributed by atoms with E-state index in [9.17, 15) is 8.42 Å². The molecule has 0 amide bonds. The molecular weight excluding hydrogens is 384 g/mol. The zero-order valence-electron chi connectivity index (χ0n) is 16.6. The lowest BCUT2D eigenvalue weighted by Crippen LogP contribution is -2.19. The van der Waals surface area contributed by atoms with Crippen molar-refractivity contribution < 1.29 is 8.42 Å². The van der Waals surface area contributed by atoms with E-state index in [-0.39, 0.29) is 4.90 Å². The molecule has 0 aliphatic carbocycles. The summed E-state index contributed by atoms with van der Waals surface area (Å²) in [5.74, 6) is 0.907. The van der Waals surface area contributed by atoms with Crippen LogP contribution in [-0.2, 0) is 10.0 Å². The van der Waals surface area contributed by atoms with Crippen LogP contribution in [0.1, 0.15) is 24.0 Å². The molecule has 6 nitrogen and oxygen atoms in total. The average Bonchev–Trinajstić information content (AvgIpc) is 3.23. The summed E-state index contributed by atoms with van der Waals surface area (Å²) < 4.78 is 28.0. The minimum absolute atomic E-state index is 0.266. The van der Waals surface area contributed by atoms with Crippen LogP contribution in [0.4, 0.5) is 11.5 Å². The Labute approximate surface area is 171 Å². The van der Waals surface area contributed by atoms with Crippen molar-refractivity contribution in [2.75, 3.05) is 22.7 Å². The van der Waals surface area contributed by atoms with E-state index in [1.54, 1.807) is 24.3 Å². The minimum Gasteiger partial charge on any atom is -0.355 e. The maximum absolute atomic E-state index is 12.7. The van der Waals surface area contributed by atoms with Gasteiger partial charge in [-0.25, -0.2) is 8.42 Å². The van der Waals surface area contributed by atoms with Gasteiger partial charge in [-0.05, 0) is 74.2 Å². The topological polar surface area (TPSA) is 75.2 Å². The van der Waals surface area contributed by atoms with Gasteiger partial charge in [-0.3, -0.25) is 4.72 Å². The number of hydrogen-bond acceptors (Lipinski definition) is 5. The van der Waals surface area contributed by atoms with Crippen LogP contribution in [0.25, 0.3) is 11.3 Å². The number of aromatic nitrogens is 2. The van der Waals surface area contributed by atoms with Gasteiger partial charge in [0.2, 0.25) is 0 Å². The number of nitrogens with one attached hydrogen (secondary N) is 1. The average molecular weight is 409 g/mol. The monoisotopic (exact) mass is 408 g/mol. The Balaban J connectivity index is 1.50. The number of hydrogen-bond donors (Lipinski definition) is 1. The number of sulfonamides is 1. The Kier molecular flexibility index (Phi) is 5.24.